The van der Waals surface area contributed by atoms with Gasteiger partial charge in [-0.1, -0.05) is 13.8 Å². The van der Waals surface area contributed by atoms with E-state index in [1.54, 1.807) is 4.90 Å². The van der Waals surface area contributed by atoms with Crippen molar-refractivity contribution in [2.24, 2.45) is 0 Å². The van der Waals surface area contributed by atoms with Crippen molar-refractivity contribution in [2.45, 2.75) is 59.1 Å². The molecule has 0 spiro atoms. The molecule has 0 aliphatic carbocycles. The second-order valence-corrected chi connectivity index (χ2v) is 6.55. The lowest BCUT2D eigenvalue weighted by molar-refractivity contribution is 0.0210. The van der Waals surface area contributed by atoms with Gasteiger partial charge in [-0.2, -0.15) is 0 Å². The number of carbonyl (C=O) groups excluding carboxylic acids is 1. The number of hydrogen-bond acceptors (Lipinski definition) is 4. The molecule has 0 saturated carbocycles. The van der Waals surface area contributed by atoms with Crippen molar-refractivity contribution in [1.29, 1.82) is 0 Å². The first-order valence-electron chi connectivity index (χ1n) is 8.47. The van der Waals surface area contributed by atoms with Crippen molar-refractivity contribution in [2.75, 3.05) is 18.4 Å². The van der Waals surface area contributed by atoms with Crippen molar-refractivity contribution < 1.29 is 19.0 Å². The predicted octanol–water partition coefficient (Wildman–Crippen LogP) is 4.37. The summed E-state index contributed by atoms with van der Waals surface area (Å²) in [6.45, 7) is 10.7. The largest absolute Gasteiger partial charge is 0.506 e. The summed E-state index contributed by atoms with van der Waals surface area (Å²) in [6.07, 6.45) is 1.20. The fraction of sp³-hybridized carbons (Fsp3) is 0.611. The van der Waals surface area contributed by atoms with E-state index in [4.69, 9.17) is 4.74 Å². The molecular weight excluding hydrogens is 311 g/mol. The van der Waals surface area contributed by atoms with Gasteiger partial charge in [0.1, 0.15) is 17.2 Å². The predicted molar refractivity (Wildman–Crippen MR) is 93.9 cm³/mol. The molecule has 1 aromatic carbocycles. The Morgan fingerprint density at radius 2 is 1.88 bits per heavy atom. The molecule has 0 aromatic heterocycles. The Balaban J connectivity index is 0.00000139. The van der Waals surface area contributed by atoms with Gasteiger partial charge in [-0.15, -0.1) is 0 Å². The minimum absolute atomic E-state index is 0.102. The molecule has 1 heterocycles. The number of likely N-dealkylation sites (tertiary alicyclic amines) is 1. The maximum absolute atomic E-state index is 13.0. The number of aromatic hydroxyl groups is 1. The molecule has 2 N–H and O–H groups in total. The van der Waals surface area contributed by atoms with Gasteiger partial charge in [0.15, 0.2) is 0 Å². The van der Waals surface area contributed by atoms with Crippen LogP contribution in [0.4, 0.5) is 14.9 Å². The smallest absolute Gasteiger partial charge is 0.410 e. The number of phenols is 1. The number of nitrogens with one attached hydrogen (secondary N) is 1. The summed E-state index contributed by atoms with van der Waals surface area (Å²) in [5.74, 6) is -0.572. The number of carbonyl (C=O) groups is 1. The van der Waals surface area contributed by atoms with Crippen LogP contribution in [0.2, 0.25) is 0 Å². The van der Waals surface area contributed by atoms with Crippen LogP contribution < -0.4 is 5.32 Å². The van der Waals surface area contributed by atoms with E-state index in [1.807, 2.05) is 34.6 Å². The van der Waals surface area contributed by atoms with E-state index < -0.39 is 11.4 Å². The molecule has 0 bridgehead atoms. The molecule has 0 radical (unpaired) electrons. The van der Waals surface area contributed by atoms with Gasteiger partial charge >= 0.3 is 6.09 Å². The lowest BCUT2D eigenvalue weighted by atomic mass is 10.0. The summed E-state index contributed by atoms with van der Waals surface area (Å²) >= 11 is 0. The first-order valence-corrected chi connectivity index (χ1v) is 8.47. The molecule has 1 aromatic rings. The highest BCUT2D eigenvalue weighted by atomic mass is 19.1. The molecule has 0 atom stereocenters. The lowest BCUT2D eigenvalue weighted by Gasteiger charge is -2.34. The quantitative estimate of drug-likeness (QED) is 0.785. The van der Waals surface area contributed by atoms with Gasteiger partial charge in [0.05, 0.1) is 5.69 Å². The van der Waals surface area contributed by atoms with E-state index in [-0.39, 0.29) is 17.9 Å². The zero-order valence-corrected chi connectivity index (χ0v) is 15.2. The first-order chi connectivity index (χ1) is 11.2. The number of piperidine rings is 1. The molecule has 2 rings (SSSR count). The van der Waals surface area contributed by atoms with Crippen LogP contribution in [0.1, 0.15) is 47.5 Å². The van der Waals surface area contributed by atoms with Crippen LogP contribution in [-0.4, -0.2) is 40.8 Å². The number of amides is 1. The summed E-state index contributed by atoms with van der Waals surface area (Å²) < 4.78 is 18.3. The van der Waals surface area contributed by atoms with Crippen molar-refractivity contribution in [3.63, 3.8) is 0 Å². The summed E-state index contributed by atoms with van der Waals surface area (Å²) in [5, 5.41) is 12.9. The van der Waals surface area contributed by atoms with Crippen molar-refractivity contribution in [3.05, 3.63) is 24.0 Å². The Bertz CT molecular complexity index is 536. The van der Waals surface area contributed by atoms with Crippen LogP contribution in [0, 0.1) is 5.82 Å². The first kappa shape index (κ1) is 20.1. The van der Waals surface area contributed by atoms with E-state index in [0.29, 0.717) is 18.8 Å². The van der Waals surface area contributed by atoms with E-state index in [0.717, 1.165) is 18.9 Å². The number of nitrogens with zero attached hydrogens (tertiary/aromatic N) is 1. The maximum atomic E-state index is 13.0. The number of ether oxygens (including phenoxy) is 1. The van der Waals surface area contributed by atoms with Gasteiger partial charge in [-0.3, -0.25) is 0 Å². The monoisotopic (exact) mass is 340 g/mol. The highest BCUT2D eigenvalue weighted by Gasteiger charge is 2.27. The van der Waals surface area contributed by atoms with Crippen LogP contribution >= 0.6 is 0 Å². The molecule has 1 aliphatic heterocycles. The topological polar surface area (TPSA) is 61.8 Å². The standard InChI is InChI=1S/C16H23FN2O3.C2H6/c1-16(2,3)22-15(21)19-8-6-12(7-9-19)18-13-5-4-11(17)10-14(13)20;1-2/h4-5,10,12,18,20H,6-9H2,1-3H3;1-2H3. The Morgan fingerprint density at radius 1 is 1.29 bits per heavy atom. The Morgan fingerprint density at radius 3 is 2.38 bits per heavy atom. The summed E-state index contributed by atoms with van der Waals surface area (Å²) in [6, 6.07) is 4.04. The Labute approximate surface area is 143 Å². The van der Waals surface area contributed by atoms with E-state index in [2.05, 4.69) is 5.32 Å². The van der Waals surface area contributed by atoms with Crippen LogP contribution in [0.5, 0.6) is 5.75 Å². The molecule has 6 heteroatoms. The van der Waals surface area contributed by atoms with Crippen LogP contribution in [-0.2, 0) is 4.74 Å². The van der Waals surface area contributed by atoms with E-state index >= 15 is 0 Å². The minimum Gasteiger partial charge on any atom is -0.506 e. The van der Waals surface area contributed by atoms with Gasteiger partial charge < -0.3 is 20.1 Å². The minimum atomic E-state index is -0.494. The second-order valence-electron chi connectivity index (χ2n) is 6.55. The number of halogens is 1. The normalized spacial score (nSPS) is 15.3. The Hall–Kier alpha value is -1.98. The van der Waals surface area contributed by atoms with Gasteiger partial charge in [0, 0.05) is 25.2 Å². The average Bonchev–Trinajstić information content (AvgIpc) is 2.51. The number of benzene rings is 1. The summed E-state index contributed by atoms with van der Waals surface area (Å²) in [7, 11) is 0. The van der Waals surface area contributed by atoms with E-state index in [1.165, 1.54) is 12.1 Å². The highest BCUT2D eigenvalue weighted by Crippen LogP contribution is 2.26. The third-order valence-corrected chi connectivity index (χ3v) is 3.47. The van der Waals surface area contributed by atoms with Crippen molar-refractivity contribution in [1.82, 2.24) is 4.90 Å². The Kier molecular flexibility index (Phi) is 7.32. The summed E-state index contributed by atoms with van der Waals surface area (Å²) in [5.41, 5.74) is 0.0173. The summed E-state index contributed by atoms with van der Waals surface area (Å²) in [4.78, 5) is 13.7. The zero-order valence-electron chi connectivity index (χ0n) is 15.2. The van der Waals surface area contributed by atoms with Gasteiger partial charge in [-0.25, -0.2) is 9.18 Å². The third-order valence-electron chi connectivity index (χ3n) is 3.47. The van der Waals surface area contributed by atoms with E-state index in [9.17, 15) is 14.3 Å². The van der Waals surface area contributed by atoms with Crippen LogP contribution in [0.3, 0.4) is 0 Å². The molecule has 24 heavy (non-hydrogen) atoms. The number of phenolic OH excluding ortho intramolecular Hbond substituents is 1. The number of anilines is 1. The molecule has 1 aliphatic rings. The molecule has 136 valence electrons. The molecule has 1 saturated heterocycles. The molecule has 0 unspecified atom stereocenters. The molecule has 1 amide bonds. The van der Waals surface area contributed by atoms with Gasteiger partial charge in [-0.05, 0) is 45.7 Å². The fourth-order valence-corrected chi connectivity index (χ4v) is 2.38. The SMILES string of the molecule is CC.CC(C)(C)OC(=O)N1CCC(Nc2ccc(F)cc2O)CC1. The maximum Gasteiger partial charge on any atom is 0.410 e. The molecule has 5 nitrogen and oxygen atoms in total. The molecule has 1 fully saturated rings. The van der Waals surface area contributed by atoms with Crippen LogP contribution in [0.15, 0.2) is 18.2 Å². The second kappa shape index (κ2) is 8.76. The third kappa shape index (κ3) is 6.26. The fourth-order valence-electron chi connectivity index (χ4n) is 2.38. The number of hydrogen-bond donors (Lipinski definition) is 2. The zero-order chi connectivity index (χ0) is 18.3. The van der Waals surface area contributed by atoms with Gasteiger partial charge in [0.25, 0.3) is 0 Å². The lowest BCUT2D eigenvalue weighted by Crippen LogP contribution is -2.44. The van der Waals surface area contributed by atoms with Crippen LogP contribution in [0.25, 0.3) is 0 Å². The van der Waals surface area contributed by atoms with Crippen molar-refractivity contribution in [3.8, 4) is 5.75 Å². The number of rotatable bonds is 2. The van der Waals surface area contributed by atoms with Crippen molar-refractivity contribution >= 4 is 11.8 Å². The highest BCUT2D eigenvalue weighted by molar-refractivity contribution is 5.68. The average molecular weight is 340 g/mol. The van der Waals surface area contributed by atoms with Gasteiger partial charge in [0.2, 0.25) is 0 Å². The molecular formula is C18H29FN2O3.